The Balaban J connectivity index is 0.000000162. The summed E-state index contributed by atoms with van der Waals surface area (Å²) in [5.41, 5.74) is 0. The second kappa shape index (κ2) is 14.7. The number of carbonyl (C=O) groups is 4. The standard InChI is InChI=1S/2C17H23N7O2/c2*1-11-7-12(8-11)9-23-10-18-15(21-23)16(25)20-13-4-6-24-14(3-5-19-24)22(2)17(13)26/h2*3,5,10-13H,4,6-9H2,1-2H3,(H,20,25)/t2*11?,12?,13-/m00/s1. The minimum absolute atomic E-state index is 0.106. The van der Waals surface area contributed by atoms with Gasteiger partial charge in [0.05, 0.1) is 12.4 Å². The predicted molar refractivity (Wildman–Crippen MR) is 187 cm³/mol. The highest BCUT2D eigenvalue weighted by Gasteiger charge is 2.33. The molecule has 4 aromatic heterocycles. The van der Waals surface area contributed by atoms with Crippen LogP contribution in [0.3, 0.4) is 0 Å². The molecule has 0 unspecified atom stereocenters. The van der Waals surface area contributed by atoms with Crippen LogP contribution in [0.4, 0.5) is 11.6 Å². The fourth-order valence-electron chi connectivity index (χ4n) is 7.66. The first kappa shape index (κ1) is 35.0. The van der Waals surface area contributed by atoms with E-state index in [2.05, 4.69) is 54.8 Å². The van der Waals surface area contributed by atoms with Gasteiger partial charge < -0.3 is 10.6 Å². The first-order valence-electron chi connectivity index (χ1n) is 18.0. The zero-order valence-electron chi connectivity index (χ0n) is 30.0. The molecule has 0 radical (unpaired) electrons. The van der Waals surface area contributed by atoms with Crippen molar-refractivity contribution in [2.24, 2.45) is 23.7 Å². The van der Waals surface area contributed by atoms with Crippen molar-refractivity contribution in [2.75, 3.05) is 23.9 Å². The molecule has 2 N–H and O–H groups in total. The predicted octanol–water partition coefficient (Wildman–Crippen LogP) is 1.37. The molecule has 4 amide bonds. The quantitative estimate of drug-likeness (QED) is 0.269. The first-order chi connectivity index (χ1) is 25.0. The third-order valence-electron chi connectivity index (χ3n) is 10.5. The number of nitrogens with one attached hydrogen (secondary N) is 2. The van der Waals surface area contributed by atoms with Crippen molar-refractivity contribution in [3.63, 3.8) is 0 Å². The van der Waals surface area contributed by atoms with Gasteiger partial charge in [-0.2, -0.15) is 10.2 Å². The van der Waals surface area contributed by atoms with E-state index < -0.39 is 23.9 Å². The maximum absolute atomic E-state index is 12.6. The van der Waals surface area contributed by atoms with Crippen LogP contribution < -0.4 is 20.4 Å². The fraction of sp³-hybridized carbons (Fsp3) is 0.588. The molecule has 2 saturated carbocycles. The summed E-state index contributed by atoms with van der Waals surface area (Å²) in [6.45, 7) is 7.18. The lowest BCUT2D eigenvalue weighted by Gasteiger charge is -2.32. The van der Waals surface area contributed by atoms with Crippen molar-refractivity contribution in [3.8, 4) is 0 Å². The molecule has 0 saturated heterocycles. The molecule has 276 valence electrons. The van der Waals surface area contributed by atoms with E-state index in [-0.39, 0.29) is 23.5 Å². The zero-order chi connectivity index (χ0) is 36.5. The number of aromatic nitrogens is 10. The molecular formula is C34H46N14O4. The summed E-state index contributed by atoms with van der Waals surface area (Å²) >= 11 is 0. The van der Waals surface area contributed by atoms with E-state index >= 15 is 0 Å². The highest BCUT2D eigenvalue weighted by atomic mass is 16.2. The van der Waals surface area contributed by atoms with Crippen molar-refractivity contribution in [1.29, 1.82) is 0 Å². The molecule has 8 rings (SSSR count). The summed E-state index contributed by atoms with van der Waals surface area (Å²) in [4.78, 5) is 61.5. The Morgan fingerprint density at radius 3 is 1.48 bits per heavy atom. The van der Waals surface area contributed by atoms with Crippen LogP contribution in [0.5, 0.6) is 0 Å². The molecule has 0 bridgehead atoms. The molecule has 2 fully saturated rings. The Labute approximate surface area is 300 Å². The number of rotatable bonds is 8. The van der Waals surface area contributed by atoms with Crippen LogP contribution in [0.15, 0.2) is 37.2 Å². The number of hydrogen-bond donors (Lipinski definition) is 2. The van der Waals surface area contributed by atoms with Gasteiger partial charge in [0.15, 0.2) is 0 Å². The minimum Gasteiger partial charge on any atom is -0.337 e. The van der Waals surface area contributed by atoms with Gasteiger partial charge in [-0.3, -0.25) is 38.3 Å². The first-order valence-corrected chi connectivity index (χ1v) is 18.0. The second-order valence-corrected chi connectivity index (χ2v) is 14.7. The van der Waals surface area contributed by atoms with Crippen molar-refractivity contribution >= 4 is 35.3 Å². The summed E-state index contributed by atoms with van der Waals surface area (Å²) in [6, 6.07) is 2.33. The van der Waals surface area contributed by atoms with Crippen LogP contribution in [-0.2, 0) is 35.8 Å². The zero-order valence-corrected chi connectivity index (χ0v) is 30.0. The van der Waals surface area contributed by atoms with Crippen LogP contribution in [0.2, 0.25) is 0 Å². The van der Waals surface area contributed by atoms with Crippen LogP contribution in [0, 0.1) is 23.7 Å². The smallest absolute Gasteiger partial charge is 0.291 e. The number of amides is 4. The molecule has 4 aliphatic rings. The van der Waals surface area contributed by atoms with Crippen molar-refractivity contribution in [3.05, 3.63) is 48.8 Å². The molecule has 2 atom stereocenters. The number of hydrogen-bond acceptors (Lipinski definition) is 10. The molecule has 4 aromatic rings. The summed E-state index contributed by atoms with van der Waals surface area (Å²) in [6.07, 6.45) is 12.2. The minimum atomic E-state index is -0.617. The largest absolute Gasteiger partial charge is 0.337 e. The third-order valence-corrected chi connectivity index (χ3v) is 10.5. The molecule has 6 heterocycles. The molecular weight excluding hydrogens is 668 g/mol. The van der Waals surface area contributed by atoms with Gasteiger partial charge in [-0.15, -0.1) is 10.2 Å². The van der Waals surface area contributed by atoms with Crippen LogP contribution in [0.1, 0.15) is 73.6 Å². The van der Waals surface area contributed by atoms with E-state index in [1.54, 1.807) is 70.0 Å². The number of fused-ring (bicyclic) bond motifs is 2. The molecule has 52 heavy (non-hydrogen) atoms. The van der Waals surface area contributed by atoms with Crippen molar-refractivity contribution in [1.82, 2.24) is 59.7 Å². The molecule has 18 heteroatoms. The van der Waals surface area contributed by atoms with Gasteiger partial charge in [0.25, 0.3) is 23.6 Å². The average molecular weight is 715 g/mol. The molecule has 0 aromatic carbocycles. The van der Waals surface area contributed by atoms with Crippen molar-refractivity contribution in [2.45, 2.75) is 90.6 Å². The Kier molecular flexibility index (Phi) is 9.87. The summed E-state index contributed by atoms with van der Waals surface area (Å²) in [5, 5.41) is 22.5. The fourth-order valence-corrected chi connectivity index (χ4v) is 7.66. The van der Waals surface area contributed by atoms with Gasteiger partial charge in [0.1, 0.15) is 36.4 Å². The highest BCUT2D eigenvalue weighted by molar-refractivity contribution is 6.01. The summed E-state index contributed by atoms with van der Waals surface area (Å²) in [5.74, 6) is 3.27. The second-order valence-electron chi connectivity index (χ2n) is 14.7. The van der Waals surface area contributed by atoms with Gasteiger partial charge in [-0.25, -0.2) is 19.3 Å². The lowest BCUT2D eigenvalue weighted by atomic mass is 9.76. The normalized spacial score (nSPS) is 25.4. The van der Waals surface area contributed by atoms with E-state index in [4.69, 9.17) is 0 Å². The number of carbonyl (C=O) groups excluding carboxylic acids is 4. The number of aryl methyl sites for hydroxylation is 2. The monoisotopic (exact) mass is 714 g/mol. The van der Waals surface area contributed by atoms with Crippen LogP contribution >= 0.6 is 0 Å². The topological polar surface area (TPSA) is 196 Å². The third kappa shape index (κ3) is 7.45. The van der Waals surface area contributed by atoms with Crippen molar-refractivity contribution < 1.29 is 19.2 Å². The Morgan fingerprint density at radius 2 is 1.10 bits per heavy atom. The molecule has 2 aliphatic carbocycles. The molecule has 2 aliphatic heterocycles. The van der Waals surface area contributed by atoms with Crippen LogP contribution in [-0.4, -0.2) is 98.9 Å². The Bertz CT molecular complexity index is 1780. The number of likely N-dealkylation sites (N-methyl/N-ethyl adjacent to an activating group) is 2. The lowest BCUT2D eigenvalue weighted by molar-refractivity contribution is -0.120. The lowest BCUT2D eigenvalue weighted by Crippen LogP contribution is -2.47. The molecule has 18 nitrogen and oxygen atoms in total. The number of anilines is 2. The van der Waals surface area contributed by atoms with E-state index in [0.29, 0.717) is 37.8 Å². The van der Waals surface area contributed by atoms with Gasteiger partial charge in [-0.1, -0.05) is 13.8 Å². The summed E-state index contributed by atoms with van der Waals surface area (Å²) in [7, 11) is 3.37. The van der Waals surface area contributed by atoms with E-state index in [1.807, 2.05) is 0 Å². The van der Waals surface area contributed by atoms with Gasteiger partial charge in [0.2, 0.25) is 11.6 Å². The highest BCUT2D eigenvalue weighted by Crippen LogP contribution is 2.34. The molecule has 0 spiro atoms. The maximum atomic E-state index is 12.6. The van der Waals surface area contributed by atoms with Gasteiger partial charge >= 0.3 is 0 Å². The maximum Gasteiger partial charge on any atom is 0.291 e. The van der Waals surface area contributed by atoms with E-state index in [0.717, 1.165) is 36.6 Å². The Hall–Kier alpha value is -5.42. The number of nitrogens with zero attached hydrogens (tertiary/aromatic N) is 12. The van der Waals surface area contributed by atoms with E-state index in [9.17, 15) is 19.2 Å². The summed E-state index contributed by atoms with van der Waals surface area (Å²) < 4.78 is 6.97. The Morgan fingerprint density at radius 1 is 0.692 bits per heavy atom. The van der Waals surface area contributed by atoms with Gasteiger partial charge in [-0.05, 0) is 62.2 Å². The van der Waals surface area contributed by atoms with Crippen LogP contribution in [0.25, 0.3) is 0 Å². The van der Waals surface area contributed by atoms with E-state index in [1.165, 1.54) is 35.5 Å². The van der Waals surface area contributed by atoms with Gasteiger partial charge in [0, 0.05) is 52.4 Å². The average Bonchev–Trinajstić information content (AvgIpc) is 3.92. The SMILES string of the molecule is CC1CC(Cn2cnc(C(=O)N[C@H]3CCn4nccc4N(C)C3=O)n2)C1.CC1CC(Cn2cnc(C(=O)N[C@H]3CCn4nccc4N(C)C3=O)n2)C1.